The molecule has 1 aromatic carbocycles. The van der Waals surface area contributed by atoms with E-state index in [0.717, 1.165) is 5.56 Å². The molecule has 0 aliphatic rings. The Balaban J connectivity index is 3.28. The highest BCUT2D eigenvalue weighted by Gasteiger charge is 2.22. The van der Waals surface area contributed by atoms with Crippen LogP contribution in [0, 0.1) is 0 Å². The number of hydrogen-bond donors (Lipinski definition) is 1. The van der Waals surface area contributed by atoms with E-state index >= 15 is 0 Å². The molecule has 108 valence electrons. The number of nitrogens with one attached hydrogen (secondary N) is 1. The van der Waals surface area contributed by atoms with E-state index in [2.05, 4.69) is 21.2 Å². The van der Waals surface area contributed by atoms with Crippen molar-refractivity contribution in [1.82, 2.24) is 5.32 Å². The first-order valence-corrected chi connectivity index (χ1v) is 8.44. The van der Waals surface area contributed by atoms with Gasteiger partial charge in [0, 0.05) is 17.9 Å². The molecule has 1 aromatic rings. The maximum atomic E-state index is 11.5. The second-order valence-corrected chi connectivity index (χ2v) is 7.12. The van der Waals surface area contributed by atoms with E-state index in [0.29, 0.717) is 16.0 Å². The molecule has 0 bridgehead atoms. The number of ether oxygens (including phenoxy) is 2. The molecule has 0 aliphatic carbocycles. The van der Waals surface area contributed by atoms with Gasteiger partial charge in [0.2, 0.25) is 0 Å². The van der Waals surface area contributed by atoms with Gasteiger partial charge in [0.05, 0.1) is 20.0 Å². The number of sulfone groups is 1. The molecule has 7 heteroatoms. The first-order chi connectivity index (χ1) is 8.84. The lowest BCUT2D eigenvalue weighted by Gasteiger charge is -2.20. The largest absolute Gasteiger partial charge is 0.495 e. The van der Waals surface area contributed by atoms with Gasteiger partial charge < -0.3 is 14.8 Å². The van der Waals surface area contributed by atoms with E-state index in [9.17, 15) is 8.42 Å². The van der Waals surface area contributed by atoms with Crippen molar-refractivity contribution in [2.75, 3.05) is 33.3 Å². The average Bonchev–Trinajstić information content (AvgIpc) is 2.34. The summed E-state index contributed by atoms with van der Waals surface area (Å²) in [5.74, 6) is 1.20. The Morgan fingerprint density at radius 2 is 1.95 bits per heavy atom. The topological polar surface area (TPSA) is 64.6 Å². The number of rotatable bonds is 6. The van der Waals surface area contributed by atoms with Crippen LogP contribution in [0.5, 0.6) is 11.5 Å². The summed E-state index contributed by atoms with van der Waals surface area (Å²) < 4.78 is 34.1. The van der Waals surface area contributed by atoms with Gasteiger partial charge in [-0.15, -0.1) is 0 Å². The van der Waals surface area contributed by atoms with E-state index in [1.54, 1.807) is 26.3 Å². The fourth-order valence-corrected chi connectivity index (χ4v) is 3.46. The van der Waals surface area contributed by atoms with Crippen molar-refractivity contribution >= 4 is 25.8 Å². The third-order valence-corrected chi connectivity index (χ3v) is 4.40. The highest BCUT2D eigenvalue weighted by Crippen LogP contribution is 2.39. The monoisotopic (exact) mass is 351 g/mol. The molecule has 0 saturated carbocycles. The molecule has 5 nitrogen and oxygen atoms in total. The van der Waals surface area contributed by atoms with Crippen molar-refractivity contribution in [3.63, 3.8) is 0 Å². The molecule has 0 amide bonds. The van der Waals surface area contributed by atoms with E-state index in [1.807, 2.05) is 0 Å². The summed E-state index contributed by atoms with van der Waals surface area (Å²) in [4.78, 5) is 0. The zero-order valence-electron chi connectivity index (χ0n) is 11.4. The van der Waals surface area contributed by atoms with Crippen LogP contribution in [0.4, 0.5) is 0 Å². The van der Waals surface area contributed by atoms with E-state index in [1.165, 1.54) is 13.4 Å². The van der Waals surface area contributed by atoms with Crippen LogP contribution in [-0.4, -0.2) is 41.7 Å². The van der Waals surface area contributed by atoms with Gasteiger partial charge in [0.1, 0.15) is 25.8 Å². The third kappa shape index (κ3) is 4.09. The van der Waals surface area contributed by atoms with Crippen molar-refractivity contribution in [2.45, 2.75) is 6.04 Å². The van der Waals surface area contributed by atoms with E-state index < -0.39 is 9.84 Å². The lowest BCUT2D eigenvalue weighted by atomic mass is 10.1. The highest BCUT2D eigenvalue weighted by atomic mass is 79.9. The van der Waals surface area contributed by atoms with Crippen LogP contribution in [0.3, 0.4) is 0 Å². The molecule has 0 heterocycles. The first kappa shape index (κ1) is 16.3. The van der Waals surface area contributed by atoms with Crippen molar-refractivity contribution < 1.29 is 17.9 Å². The van der Waals surface area contributed by atoms with Crippen LogP contribution in [0.2, 0.25) is 0 Å². The zero-order chi connectivity index (χ0) is 14.6. The van der Waals surface area contributed by atoms with Crippen LogP contribution in [0.15, 0.2) is 16.6 Å². The molecule has 1 unspecified atom stereocenters. The zero-order valence-corrected chi connectivity index (χ0v) is 13.8. The SMILES string of the molecule is CNC(CS(C)(=O)=O)c1ccc(OC)c(Br)c1OC. The molecule has 19 heavy (non-hydrogen) atoms. The summed E-state index contributed by atoms with van der Waals surface area (Å²) in [7, 11) is 1.71. The Morgan fingerprint density at radius 3 is 2.37 bits per heavy atom. The van der Waals surface area contributed by atoms with Crippen molar-refractivity contribution in [3.8, 4) is 11.5 Å². The van der Waals surface area contributed by atoms with Crippen LogP contribution in [0.25, 0.3) is 0 Å². The molecule has 1 rings (SSSR count). The minimum atomic E-state index is -3.10. The predicted octanol–water partition coefficient (Wildman–Crippen LogP) is 1.77. The number of methoxy groups -OCH3 is 2. The molecule has 0 aromatic heterocycles. The van der Waals surface area contributed by atoms with E-state index in [4.69, 9.17) is 9.47 Å². The van der Waals surface area contributed by atoms with E-state index in [-0.39, 0.29) is 11.8 Å². The summed E-state index contributed by atoms with van der Waals surface area (Å²) in [6.45, 7) is 0. The quantitative estimate of drug-likeness (QED) is 0.845. The highest BCUT2D eigenvalue weighted by molar-refractivity contribution is 9.10. The van der Waals surface area contributed by atoms with Gasteiger partial charge in [0.25, 0.3) is 0 Å². The van der Waals surface area contributed by atoms with Crippen LogP contribution >= 0.6 is 15.9 Å². The molecular weight excluding hydrogens is 334 g/mol. The minimum absolute atomic E-state index is 0.00136. The summed E-state index contributed by atoms with van der Waals surface area (Å²) >= 11 is 3.40. The molecular formula is C12H18BrNO4S. The first-order valence-electron chi connectivity index (χ1n) is 5.59. The van der Waals surface area contributed by atoms with Crippen molar-refractivity contribution in [2.24, 2.45) is 0 Å². The molecule has 1 N–H and O–H groups in total. The van der Waals surface area contributed by atoms with Gasteiger partial charge in [-0.1, -0.05) is 0 Å². The third-order valence-electron chi connectivity index (χ3n) is 2.71. The summed E-state index contributed by atoms with van der Waals surface area (Å²) in [5.41, 5.74) is 0.767. The Kier molecular flexibility index (Phi) is 5.64. The smallest absolute Gasteiger partial charge is 0.149 e. The molecule has 0 fully saturated rings. The van der Waals surface area contributed by atoms with Gasteiger partial charge >= 0.3 is 0 Å². The van der Waals surface area contributed by atoms with Crippen LogP contribution in [-0.2, 0) is 9.84 Å². The average molecular weight is 352 g/mol. The second-order valence-electron chi connectivity index (χ2n) is 4.14. The normalized spacial score (nSPS) is 13.1. The molecule has 0 saturated heterocycles. The summed E-state index contributed by atoms with van der Waals surface area (Å²) in [6.07, 6.45) is 1.21. The van der Waals surface area contributed by atoms with Crippen molar-refractivity contribution in [3.05, 3.63) is 22.2 Å². The Hall–Kier alpha value is -0.790. The molecule has 0 aliphatic heterocycles. The van der Waals surface area contributed by atoms with Gasteiger partial charge in [-0.25, -0.2) is 8.42 Å². The van der Waals surface area contributed by atoms with Gasteiger partial charge in [0.15, 0.2) is 0 Å². The summed E-state index contributed by atoms with van der Waals surface area (Å²) in [5, 5.41) is 2.99. The minimum Gasteiger partial charge on any atom is -0.495 e. The number of halogens is 1. The lowest BCUT2D eigenvalue weighted by molar-refractivity contribution is 0.382. The fourth-order valence-electron chi connectivity index (χ4n) is 1.82. The Morgan fingerprint density at radius 1 is 1.32 bits per heavy atom. The Labute approximate surface area is 122 Å². The van der Waals surface area contributed by atoms with Gasteiger partial charge in [-0.3, -0.25) is 0 Å². The Bertz CT molecular complexity index is 545. The lowest BCUT2D eigenvalue weighted by Crippen LogP contribution is -2.25. The standard InChI is InChI=1S/C12H18BrNO4S/c1-14-9(7-19(4,15)16)8-5-6-10(17-2)11(13)12(8)18-3/h5-6,9,14H,7H2,1-4H3. The number of hydrogen-bond acceptors (Lipinski definition) is 5. The second kappa shape index (κ2) is 6.58. The van der Waals surface area contributed by atoms with Gasteiger partial charge in [-0.05, 0) is 35.1 Å². The predicted molar refractivity (Wildman–Crippen MR) is 78.8 cm³/mol. The molecule has 0 radical (unpaired) electrons. The van der Waals surface area contributed by atoms with Crippen LogP contribution in [0.1, 0.15) is 11.6 Å². The number of benzene rings is 1. The molecule has 1 atom stereocenters. The van der Waals surface area contributed by atoms with Gasteiger partial charge in [-0.2, -0.15) is 0 Å². The van der Waals surface area contributed by atoms with Crippen molar-refractivity contribution in [1.29, 1.82) is 0 Å². The molecule has 0 spiro atoms. The maximum Gasteiger partial charge on any atom is 0.149 e. The fraction of sp³-hybridized carbons (Fsp3) is 0.500. The van der Waals surface area contributed by atoms with Crippen LogP contribution < -0.4 is 14.8 Å². The summed E-state index contributed by atoms with van der Waals surface area (Å²) in [6, 6.07) is 3.23. The maximum absolute atomic E-state index is 11.5.